The molecular formula is C32H32F6N2O4. The van der Waals surface area contributed by atoms with E-state index in [2.05, 4.69) is 15.0 Å². The largest absolute Gasteiger partial charge is 0.456 e. The van der Waals surface area contributed by atoms with Gasteiger partial charge in [-0.1, -0.05) is 24.3 Å². The van der Waals surface area contributed by atoms with Gasteiger partial charge in [0.2, 0.25) is 0 Å². The van der Waals surface area contributed by atoms with E-state index in [1.807, 2.05) is 0 Å². The van der Waals surface area contributed by atoms with E-state index in [0.717, 1.165) is 6.20 Å². The zero-order valence-corrected chi connectivity index (χ0v) is 23.7. The average Bonchev–Trinajstić information content (AvgIpc) is 2.99. The maximum absolute atomic E-state index is 14.9. The van der Waals surface area contributed by atoms with E-state index < -0.39 is 42.1 Å². The van der Waals surface area contributed by atoms with Crippen LogP contribution in [0.4, 0.5) is 26.3 Å². The van der Waals surface area contributed by atoms with Gasteiger partial charge in [0, 0.05) is 44.0 Å². The summed E-state index contributed by atoms with van der Waals surface area (Å²) in [6.07, 6.45) is -1.67. The van der Waals surface area contributed by atoms with Gasteiger partial charge in [-0.2, -0.15) is 13.2 Å². The number of Topliss-reactive ketones (excluding diaryl/α,β-unsaturated/α-hetero) is 1. The van der Waals surface area contributed by atoms with Crippen LogP contribution in [0, 0.1) is 17.5 Å². The Bertz CT molecular complexity index is 1350. The summed E-state index contributed by atoms with van der Waals surface area (Å²) in [5.41, 5.74) is 2.14. The Balaban J connectivity index is 1.32. The molecule has 2 heterocycles. The molecule has 2 aromatic carbocycles. The lowest BCUT2D eigenvalue weighted by molar-refractivity contribution is -0.186. The topological polar surface area (TPSA) is 77.5 Å². The van der Waals surface area contributed by atoms with Crippen LogP contribution in [-0.4, -0.2) is 54.8 Å². The van der Waals surface area contributed by atoms with Crippen LogP contribution in [0.2, 0.25) is 0 Å². The molecule has 1 aliphatic rings. The lowest BCUT2D eigenvalue weighted by atomic mass is 9.85. The predicted octanol–water partition coefficient (Wildman–Crippen LogP) is 6.01. The Labute approximate surface area is 250 Å². The van der Waals surface area contributed by atoms with Crippen molar-refractivity contribution >= 4 is 11.8 Å². The number of hydrogen-bond donors (Lipinski definition) is 1. The average molecular weight is 623 g/mol. The summed E-state index contributed by atoms with van der Waals surface area (Å²) in [6.45, 7) is -1.01. The second-order valence-electron chi connectivity index (χ2n) is 10.7. The van der Waals surface area contributed by atoms with Crippen LogP contribution in [0.15, 0.2) is 60.9 Å². The van der Waals surface area contributed by atoms with Crippen molar-refractivity contribution < 1.29 is 45.4 Å². The number of hydrogen-bond acceptors (Lipinski definition) is 6. The molecule has 0 saturated carbocycles. The minimum atomic E-state index is -4.58. The molecule has 0 amide bonds. The molecule has 236 valence electrons. The molecular weight excluding hydrogens is 590 g/mol. The molecule has 4 rings (SSSR count). The number of aromatic nitrogens is 1. The molecule has 12 heteroatoms. The van der Waals surface area contributed by atoms with E-state index in [9.17, 15) is 35.9 Å². The number of carbonyl (C=O) groups is 2. The lowest BCUT2D eigenvalue weighted by Gasteiger charge is -2.30. The van der Waals surface area contributed by atoms with Gasteiger partial charge in [-0.3, -0.25) is 14.6 Å². The van der Waals surface area contributed by atoms with E-state index in [-0.39, 0.29) is 56.6 Å². The molecule has 0 spiro atoms. The van der Waals surface area contributed by atoms with Gasteiger partial charge in [0.1, 0.15) is 23.2 Å². The second-order valence-corrected chi connectivity index (χ2v) is 10.7. The van der Waals surface area contributed by atoms with Crippen molar-refractivity contribution in [2.45, 2.75) is 62.8 Å². The van der Waals surface area contributed by atoms with E-state index >= 15 is 0 Å². The SMILES string of the molecule is O=C(Cc1cncc(F)c1CC[C@@H]1CN[C@H](CCC(=O)OCC(F)(F)F)CO1)CC(c1ccc(F)cc1)c1ccc(F)cc1. The highest BCUT2D eigenvalue weighted by Crippen LogP contribution is 2.30. The summed E-state index contributed by atoms with van der Waals surface area (Å²) in [5, 5.41) is 3.19. The lowest BCUT2D eigenvalue weighted by Crippen LogP contribution is -2.46. The molecule has 44 heavy (non-hydrogen) atoms. The number of morpholine rings is 1. The maximum Gasteiger partial charge on any atom is 0.422 e. The van der Waals surface area contributed by atoms with E-state index in [1.54, 1.807) is 24.3 Å². The Hall–Kier alpha value is -3.77. The summed E-state index contributed by atoms with van der Waals surface area (Å²) >= 11 is 0. The maximum atomic E-state index is 14.9. The third kappa shape index (κ3) is 10.2. The first-order valence-corrected chi connectivity index (χ1v) is 14.2. The molecule has 2 atom stereocenters. The van der Waals surface area contributed by atoms with Gasteiger partial charge in [0.05, 0.1) is 18.9 Å². The van der Waals surface area contributed by atoms with Gasteiger partial charge in [-0.15, -0.1) is 0 Å². The van der Waals surface area contributed by atoms with Crippen LogP contribution in [0.3, 0.4) is 0 Å². The van der Waals surface area contributed by atoms with E-state index in [4.69, 9.17) is 4.74 Å². The van der Waals surface area contributed by atoms with Gasteiger partial charge in [0.15, 0.2) is 6.61 Å². The van der Waals surface area contributed by atoms with Crippen molar-refractivity contribution in [2.24, 2.45) is 0 Å². The number of nitrogens with one attached hydrogen (secondary N) is 1. The zero-order chi connectivity index (χ0) is 31.7. The quantitative estimate of drug-likeness (QED) is 0.186. The molecule has 1 fully saturated rings. The summed E-state index contributed by atoms with van der Waals surface area (Å²) in [6, 6.07) is 11.2. The summed E-state index contributed by atoms with van der Waals surface area (Å²) in [5.74, 6) is -3.01. The fourth-order valence-corrected chi connectivity index (χ4v) is 5.14. The first-order valence-electron chi connectivity index (χ1n) is 14.2. The highest BCUT2D eigenvalue weighted by molar-refractivity contribution is 5.82. The van der Waals surface area contributed by atoms with Crippen LogP contribution in [0.1, 0.15) is 53.9 Å². The minimum Gasteiger partial charge on any atom is -0.456 e. The third-order valence-electron chi connectivity index (χ3n) is 7.44. The number of nitrogens with zero attached hydrogens (tertiary/aromatic N) is 1. The van der Waals surface area contributed by atoms with Crippen LogP contribution < -0.4 is 5.32 Å². The number of halogens is 6. The standard InChI is InChI=1S/C32H32F6N2O4/c33-23-5-1-20(2-6-23)29(21-3-7-24(34)8-4-21)14-26(41)13-22-15-39-17-30(35)28(22)11-10-27-16-40-25(18-43-27)9-12-31(42)44-19-32(36,37)38/h1-8,15,17,25,27,29,40H,9-14,16,18-19H2/t25-,27-/m1/s1. The molecule has 1 N–H and O–H groups in total. The van der Waals surface area contributed by atoms with Crippen molar-refractivity contribution in [1.82, 2.24) is 10.3 Å². The number of carbonyl (C=O) groups excluding carboxylic acids is 2. The van der Waals surface area contributed by atoms with Crippen LogP contribution >= 0.6 is 0 Å². The van der Waals surface area contributed by atoms with Gasteiger partial charge >= 0.3 is 12.1 Å². The van der Waals surface area contributed by atoms with E-state index in [0.29, 0.717) is 35.2 Å². The number of ketones is 1. The zero-order valence-electron chi connectivity index (χ0n) is 23.7. The molecule has 1 aromatic heterocycles. The second kappa shape index (κ2) is 15.3. The fraction of sp³-hybridized carbons (Fsp3) is 0.406. The van der Waals surface area contributed by atoms with Gasteiger partial charge < -0.3 is 14.8 Å². The summed E-state index contributed by atoms with van der Waals surface area (Å²) in [4.78, 5) is 28.8. The first kappa shape index (κ1) is 33.1. The third-order valence-corrected chi connectivity index (χ3v) is 7.44. The van der Waals surface area contributed by atoms with Crippen molar-refractivity contribution in [1.29, 1.82) is 0 Å². The molecule has 6 nitrogen and oxygen atoms in total. The van der Waals surface area contributed by atoms with Gasteiger partial charge in [-0.25, -0.2) is 13.2 Å². The van der Waals surface area contributed by atoms with Crippen molar-refractivity contribution in [2.75, 3.05) is 19.8 Å². The minimum absolute atomic E-state index is 0.0218. The number of esters is 1. The smallest absolute Gasteiger partial charge is 0.422 e. The normalized spacial score (nSPS) is 17.1. The Morgan fingerprint density at radius 1 is 0.955 bits per heavy atom. The molecule has 0 bridgehead atoms. The Kier molecular flexibility index (Phi) is 11.5. The number of rotatable bonds is 13. The molecule has 1 aliphatic heterocycles. The van der Waals surface area contributed by atoms with Gasteiger partial charge in [0.25, 0.3) is 0 Å². The van der Waals surface area contributed by atoms with Crippen LogP contribution in [0.5, 0.6) is 0 Å². The molecule has 3 aromatic rings. The number of ether oxygens (including phenoxy) is 2. The molecule has 1 saturated heterocycles. The highest BCUT2D eigenvalue weighted by Gasteiger charge is 2.30. The first-order chi connectivity index (χ1) is 21.0. The van der Waals surface area contributed by atoms with Crippen LogP contribution in [-0.2, 0) is 31.9 Å². The Morgan fingerprint density at radius 2 is 1.59 bits per heavy atom. The van der Waals surface area contributed by atoms with Crippen molar-refractivity contribution in [3.8, 4) is 0 Å². The Morgan fingerprint density at radius 3 is 2.16 bits per heavy atom. The van der Waals surface area contributed by atoms with E-state index in [1.165, 1.54) is 30.5 Å². The number of alkyl halides is 3. The summed E-state index contributed by atoms with van der Waals surface area (Å²) in [7, 11) is 0. The van der Waals surface area contributed by atoms with Crippen molar-refractivity contribution in [3.63, 3.8) is 0 Å². The molecule has 0 unspecified atom stereocenters. The monoisotopic (exact) mass is 622 g/mol. The fourth-order valence-electron chi connectivity index (χ4n) is 5.14. The van der Waals surface area contributed by atoms with Crippen LogP contribution in [0.25, 0.3) is 0 Å². The van der Waals surface area contributed by atoms with Crippen molar-refractivity contribution in [3.05, 3.63) is 101 Å². The summed E-state index contributed by atoms with van der Waals surface area (Å²) < 4.78 is 88.6. The highest BCUT2D eigenvalue weighted by atomic mass is 19.4. The van der Waals surface area contributed by atoms with Gasteiger partial charge in [-0.05, 0) is 65.8 Å². The molecule has 0 aliphatic carbocycles. The number of benzene rings is 2. The predicted molar refractivity (Wildman–Crippen MR) is 148 cm³/mol. The molecule has 0 radical (unpaired) electrons. The number of pyridine rings is 1.